The molecule has 1 aromatic carbocycles. The third kappa shape index (κ3) is 4.13. The molecular weight excluding hydrogens is 364 g/mol. The molecule has 1 atom stereocenters. The SMILES string of the molecule is COc1ccc(CC[C@]2(C)NC(=O)N(CC(=O)Nc3cc(C)on3)C2=O)cc1. The van der Waals surface area contributed by atoms with Gasteiger partial charge in [-0.25, -0.2) is 4.79 Å². The quantitative estimate of drug-likeness (QED) is 0.702. The molecule has 28 heavy (non-hydrogen) atoms. The molecule has 0 radical (unpaired) electrons. The molecule has 0 bridgehead atoms. The van der Waals surface area contributed by atoms with E-state index in [2.05, 4.69) is 15.8 Å². The monoisotopic (exact) mass is 386 g/mol. The molecule has 148 valence electrons. The molecule has 2 N–H and O–H groups in total. The molecule has 1 saturated heterocycles. The lowest BCUT2D eigenvalue weighted by Gasteiger charge is -2.21. The number of ether oxygens (including phenoxy) is 1. The van der Waals surface area contributed by atoms with Crippen molar-refractivity contribution >= 4 is 23.7 Å². The zero-order chi connectivity index (χ0) is 20.3. The Hall–Kier alpha value is -3.36. The van der Waals surface area contributed by atoms with E-state index in [-0.39, 0.29) is 5.82 Å². The van der Waals surface area contributed by atoms with E-state index in [1.165, 1.54) is 0 Å². The first-order valence-electron chi connectivity index (χ1n) is 8.81. The molecule has 1 aliphatic rings. The van der Waals surface area contributed by atoms with Crippen LogP contribution in [0.1, 0.15) is 24.7 Å². The molecule has 4 amide bonds. The number of aryl methyl sites for hydroxylation is 2. The minimum atomic E-state index is -1.07. The standard InChI is InChI=1S/C19H22N4O5/c1-12-10-15(22-28-12)20-16(24)11-23-17(25)19(2,21-18(23)26)9-8-13-4-6-14(27-3)7-5-13/h4-7,10H,8-9,11H2,1-3H3,(H,21,26)(H,20,22,24)/t19-/m0/s1. The Bertz CT molecular complexity index is 892. The molecular formula is C19H22N4O5. The number of benzene rings is 1. The average molecular weight is 386 g/mol. The van der Waals surface area contributed by atoms with Crippen molar-refractivity contribution in [2.24, 2.45) is 0 Å². The van der Waals surface area contributed by atoms with Crippen LogP contribution in [0, 0.1) is 6.92 Å². The maximum absolute atomic E-state index is 12.8. The van der Waals surface area contributed by atoms with Gasteiger partial charge < -0.3 is 19.9 Å². The Kier molecular flexibility index (Phi) is 5.34. The molecule has 0 unspecified atom stereocenters. The predicted octanol–water partition coefficient (Wildman–Crippen LogP) is 1.87. The van der Waals surface area contributed by atoms with Gasteiger partial charge in [0.2, 0.25) is 5.91 Å². The molecule has 0 aliphatic carbocycles. The first-order valence-corrected chi connectivity index (χ1v) is 8.81. The van der Waals surface area contributed by atoms with E-state index >= 15 is 0 Å². The number of aromatic nitrogens is 1. The Morgan fingerprint density at radius 3 is 2.64 bits per heavy atom. The molecule has 0 spiro atoms. The van der Waals surface area contributed by atoms with E-state index in [0.29, 0.717) is 18.6 Å². The minimum Gasteiger partial charge on any atom is -0.497 e. The lowest BCUT2D eigenvalue weighted by molar-refractivity contribution is -0.133. The van der Waals surface area contributed by atoms with Gasteiger partial charge in [-0.3, -0.25) is 14.5 Å². The van der Waals surface area contributed by atoms with Crippen LogP contribution in [-0.2, 0) is 16.0 Å². The highest BCUT2D eigenvalue weighted by Crippen LogP contribution is 2.24. The Balaban J connectivity index is 1.60. The number of hydrogen-bond donors (Lipinski definition) is 2. The normalized spacial score (nSPS) is 18.9. The summed E-state index contributed by atoms with van der Waals surface area (Å²) in [7, 11) is 1.59. The van der Waals surface area contributed by atoms with E-state index in [4.69, 9.17) is 9.26 Å². The van der Waals surface area contributed by atoms with Crippen LogP contribution in [0.2, 0.25) is 0 Å². The van der Waals surface area contributed by atoms with E-state index in [9.17, 15) is 14.4 Å². The highest BCUT2D eigenvalue weighted by Gasteiger charge is 2.47. The number of urea groups is 1. The fourth-order valence-corrected chi connectivity index (χ4v) is 3.00. The van der Waals surface area contributed by atoms with Crippen LogP contribution in [0.15, 0.2) is 34.9 Å². The number of imide groups is 1. The second kappa shape index (κ2) is 7.71. The number of amides is 4. The Morgan fingerprint density at radius 2 is 2.04 bits per heavy atom. The molecule has 1 aliphatic heterocycles. The highest BCUT2D eigenvalue weighted by molar-refractivity contribution is 6.09. The van der Waals surface area contributed by atoms with Gasteiger partial charge in [0.05, 0.1) is 7.11 Å². The van der Waals surface area contributed by atoms with Crippen molar-refractivity contribution in [2.75, 3.05) is 19.0 Å². The smallest absolute Gasteiger partial charge is 0.325 e. The van der Waals surface area contributed by atoms with E-state index in [0.717, 1.165) is 16.2 Å². The fraction of sp³-hybridized carbons (Fsp3) is 0.368. The van der Waals surface area contributed by atoms with Crippen LogP contribution < -0.4 is 15.4 Å². The van der Waals surface area contributed by atoms with Gasteiger partial charge in [0, 0.05) is 6.07 Å². The number of carbonyl (C=O) groups excluding carboxylic acids is 3. The van der Waals surface area contributed by atoms with E-state index < -0.39 is 29.9 Å². The van der Waals surface area contributed by atoms with Gasteiger partial charge in [-0.1, -0.05) is 17.3 Å². The molecule has 1 fully saturated rings. The summed E-state index contributed by atoms with van der Waals surface area (Å²) in [5.74, 6) is 0.557. The number of nitrogens with one attached hydrogen (secondary N) is 2. The molecule has 2 heterocycles. The number of hydrogen-bond acceptors (Lipinski definition) is 6. The van der Waals surface area contributed by atoms with Gasteiger partial charge in [0.1, 0.15) is 23.6 Å². The topological polar surface area (TPSA) is 114 Å². The number of rotatable bonds is 7. The number of carbonyl (C=O) groups is 3. The molecule has 2 aromatic rings. The Labute approximate surface area is 162 Å². The third-order valence-corrected chi connectivity index (χ3v) is 4.62. The van der Waals surface area contributed by atoms with Crippen LogP contribution >= 0.6 is 0 Å². The lowest BCUT2D eigenvalue weighted by Crippen LogP contribution is -2.45. The van der Waals surface area contributed by atoms with Gasteiger partial charge in [0.15, 0.2) is 5.82 Å². The number of nitrogens with zero attached hydrogens (tertiary/aromatic N) is 2. The molecule has 1 aromatic heterocycles. The lowest BCUT2D eigenvalue weighted by atomic mass is 9.93. The maximum Gasteiger partial charge on any atom is 0.325 e. The van der Waals surface area contributed by atoms with Gasteiger partial charge in [-0.15, -0.1) is 0 Å². The fourth-order valence-electron chi connectivity index (χ4n) is 3.00. The van der Waals surface area contributed by atoms with Crippen molar-refractivity contribution in [3.8, 4) is 5.75 Å². The largest absolute Gasteiger partial charge is 0.497 e. The van der Waals surface area contributed by atoms with Crippen molar-refractivity contribution in [3.63, 3.8) is 0 Å². The summed E-state index contributed by atoms with van der Waals surface area (Å²) in [5, 5.41) is 8.84. The summed E-state index contributed by atoms with van der Waals surface area (Å²) in [6, 6.07) is 8.46. The van der Waals surface area contributed by atoms with Crippen molar-refractivity contribution in [2.45, 2.75) is 32.2 Å². The van der Waals surface area contributed by atoms with Crippen LogP contribution in [-0.4, -0.2) is 47.1 Å². The molecule has 3 rings (SSSR count). The summed E-state index contributed by atoms with van der Waals surface area (Å²) >= 11 is 0. The molecule has 9 heteroatoms. The zero-order valence-electron chi connectivity index (χ0n) is 15.9. The average Bonchev–Trinajstić information content (AvgIpc) is 3.16. The maximum atomic E-state index is 12.8. The van der Waals surface area contributed by atoms with Gasteiger partial charge in [-0.2, -0.15) is 0 Å². The van der Waals surface area contributed by atoms with Crippen molar-refractivity contribution in [1.29, 1.82) is 0 Å². The number of methoxy groups -OCH3 is 1. The second-order valence-electron chi connectivity index (χ2n) is 6.87. The first-order chi connectivity index (χ1) is 13.3. The zero-order valence-corrected chi connectivity index (χ0v) is 15.9. The van der Waals surface area contributed by atoms with Crippen LogP contribution in [0.25, 0.3) is 0 Å². The van der Waals surface area contributed by atoms with Crippen molar-refractivity contribution in [1.82, 2.24) is 15.4 Å². The summed E-state index contributed by atoms with van der Waals surface area (Å²) < 4.78 is 9.99. The van der Waals surface area contributed by atoms with Gasteiger partial charge in [0.25, 0.3) is 5.91 Å². The second-order valence-corrected chi connectivity index (χ2v) is 6.87. The summed E-state index contributed by atoms with van der Waals surface area (Å²) in [6.07, 6.45) is 0.995. The van der Waals surface area contributed by atoms with Crippen molar-refractivity contribution in [3.05, 3.63) is 41.7 Å². The van der Waals surface area contributed by atoms with Crippen molar-refractivity contribution < 1.29 is 23.6 Å². The predicted molar refractivity (Wildman–Crippen MR) is 99.8 cm³/mol. The minimum absolute atomic E-state index is 0.233. The first kappa shape index (κ1) is 19.4. The van der Waals surface area contributed by atoms with Crippen LogP contribution in [0.4, 0.5) is 10.6 Å². The van der Waals surface area contributed by atoms with E-state index in [1.807, 2.05) is 24.3 Å². The molecule has 9 nitrogen and oxygen atoms in total. The third-order valence-electron chi connectivity index (χ3n) is 4.62. The summed E-state index contributed by atoms with van der Waals surface area (Å²) in [5.41, 5.74) is -0.0523. The van der Waals surface area contributed by atoms with Gasteiger partial charge >= 0.3 is 6.03 Å². The summed E-state index contributed by atoms with van der Waals surface area (Å²) in [6.45, 7) is 2.96. The van der Waals surface area contributed by atoms with Gasteiger partial charge in [-0.05, 0) is 44.4 Å². The Morgan fingerprint density at radius 1 is 1.32 bits per heavy atom. The summed E-state index contributed by atoms with van der Waals surface area (Å²) in [4.78, 5) is 38.1. The van der Waals surface area contributed by atoms with E-state index in [1.54, 1.807) is 27.0 Å². The van der Waals surface area contributed by atoms with Crippen LogP contribution in [0.3, 0.4) is 0 Å². The number of anilines is 1. The van der Waals surface area contributed by atoms with Crippen LogP contribution in [0.5, 0.6) is 5.75 Å². The molecule has 0 saturated carbocycles. The highest BCUT2D eigenvalue weighted by atomic mass is 16.5.